The van der Waals surface area contributed by atoms with E-state index in [1.54, 1.807) is 0 Å². The third kappa shape index (κ3) is 3.07. The second-order valence-electron chi connectivity index (χ2n) is 5.21. The number of nitrogens with one attached hydrogen (secondary N) is 1. The lowest BCUT2D eigenvalue weighted by molar-refractivity contribution is 0.0996. The Kier molecular flexibility index (Phi) is 4.54. The summed E-state index contributed by atoms with van der Waals surface area (Å²) in [6, 6.07) is 1.85. The molecule has 0 saturated heterocycles. The minimum Gasteiger partial charge on any atom is -0.380 e. The molecule has 0 spiro atoms. The third-order valence-corrected chi connectivity index (χ3v) is 3.87. The minimum absolute atomic E-state index is 0.0365. The van der Waals surface area contributed by atoms with E-state index in [0.717, 1.165) is 31.7 Å². The summed E-state index contributed by atoms with van der Waals surface area (Å²) in [6.45, 7) is 0.517. The number of anilines is 1. The van der Waals surface area contributed by atoms with Crippen LogP contribution in [0, 0.1) is 17.6 Å². The molecule has 0 heterocycles. The van der Waals surface area contributed by atoms with Crippen LogP contribution in [0.5, 0.6) is 0 Å². The second kappa shape index (κ2) is 6.17. The van der Waals surface area contributed by atoms with Crippen LogP contribution in [0.1, 0.15) is 36.0 Å². The van der Waals surface area contributed by atoms with Crippen LogP contribution < -0.4 is 16.8 Å². The molecule has 20 heavy (non-hydrogen) atoms. The number of hydrogen-bond donors (Lipinski definition) is 3. The molecule has 0 radical (unpaired) electrons. The predicted molar refractivity (Wildman–Crippen MR) is 73.3 cm³/mol. The van der Waals surface area contributed by atoms with E-state index in [2.05, 4.69) is 5.32 Å². The van der Waals surface area contributed by atoms with Gasteiger partial charge in [-0.25, -0.2) is 8.78 Å². The van der Waals surface area contributed by atoms with Crippen LogP contribution in [0.2, 0.25) is 0 Å². The van der Waals surface area contributed by atoms with Crippen molar-refractivity contribution in [3.63, 3.8) is 0 Å². The van der Waals surface area contributed by atoms with Crippen molar-refractivity contribution in [3.8, 4) is 0 Å². The van der Waals surface area contributed by atoms with E-state index in [9.17, 15) is 13.6 Å². The summed E-state index contributed by atoms with van der Waals surface area (Å²) in [7, 11) is 0. The predicted octanol–water partition coefficient (Wildman–Crippen LogP) is 1.99. The van der Waals surface area contributed by atoms with Crippen molar-refractivity contribution in [2.45, 2.75) is 31.7 Å². The molecule has 0 aromatic heterocycles. The Hall–Kier alpha value is -1.69. The lowest BCUT2D eigenvalue weighted by atomic mass is 9.84. The summed E-state index contributed by atoms with van der Waals surface area (Å²) in [4.78, 5) is 11.1. The zero-order valence-corrected chi connectivity index (χ0v) is 11.2. The maximum atomic E-state index is 13.8. The number of primary amides is 1. The number of carbonyl (C=O) groups is 1. The number of rotatable bonds is 4. The molecule has 1 saturated carbocycles. The van der Waals surface area contributed by atoms with Crippen molar-refractivity contribution >= 4 is 11.6 Å². The Bertz CT molecular complexity index is 507. The smallest absolute Gasteiger partial charge is 0.251 e. The van der Waals surface area contributed by atoms with Gasteiger partial charge in [0.05, 0.1) is 11.3 Å². The lowest BCUT2D eigenvalue weighted by Crippen LogP contribution is -2.37. The van der Waals surface area contributed by atoms with Gasteiger partial charge in [-0.15, -0.1) is 0 Å². The molecule has 1 fully saturated rings. The Morgan fingerprint density at radius 2 is 1.95 bits per heavy atom. The first-order valence-electron chi connectivity index (χ1n) is 6.78. The van der Waals surface area contributed by atoms with Crippen molar-refractivity contribution in [2.75, 3.05) is 11.9 Å². The molecule has 1 amide bonds. The van der Waals surface area contributed by atoms with E-state index in [4.69, 9.17) is 11.5 Å². The van der Waals surface area contributed by atoms with Gasteiger partial charge in [-0.1, -0.05) is 12.8 Å². The fourth-order valence-corrected chi connectivity index (χ4v) is 2.73. The molecule has 1 aromatic rings. The topological polar surface area (TPSA) is 81.1 Å². The minimum atomic E-state index is -0.945. The number of carbonyl (C=O) groups excluding carboxylic acids is 1. The van der Waals surface area contributed by atoms with E-state index in [-0.39, 0.29) is 23.2 Å². The molecule has 1 aromatic carbocycles. The highest BCUT2D eigenvalue weighted by Crippen LogP contribution is 2.28. The molecule has 6 heteroatoms. The van der Waals surface area contributed by atoms with Crippen LogP contribution in [0.3, 0.4) is 0 Å². The standard InChI is InChI=1S/C14H19F2N3O/c15-10-6-11(16)13(5-9(10)14(18)20)19-12-4-2-1-3-8(12)7-17/h5-6,8,12,19H,1-4,7,17H2,(H2,18,20). The van der Waals surface area contributed by atoms with Gasteiger partial charge >= 0.3 is 0 Å². The highest BCUT2D eigenvalue weighted by molar-refractivity contribution is 5.94. The van der Waals surface area contributed by atoms with Gasteiger partial charge < -0.3 is 16.8 Å². The Morgan fingerprint density at radius 1 is 1.25 bits per heavy atom. The van der Waals surface area contributed by atoms with Gasteiger partial charge in [-0.2, -0.15) is 0 Å². The van der Waals surface area contributed by atoms with Crippen molar-refractivity contribution in [3.05, 3.63) is 29.3 Å². The Labute approximate surface area is 116 Å². The second-order valence-corrected chi connectivity index (χ2v) is 5.21. The molecule has 0 bridgehead atoms. The summed E-state index contributed by atoms with van der Waals surface area (Å²) in [5.74, 6) is -2.33. The maximum Gasteiger partial charge on any atom is 0.251 e. The van der Waals surface area contributed by atoms with E-state index < -0.39 is 17.5 Å². The number of nitrogens with two attached hydrogens (primary N) is 2. The molecule has 0 aliphatic heterocycles. The third-order valence-electron chi connectivity index (χ3n) is 3.87. The summed E-state index contributed by atoms with van der Waals surface area (Å²) in [6.07, 6.45) is 4.02. The number of benzene rings is 1. The van der Waals surface area contributed by atoms with E-state index in [0.29, 0.717) is 12.6 Å². The van der Waals surface area contributed by atoms with Gasteiger partial charge in [-0.3, -0.25) is 4.79 Å². The van der Waals surface area contributed by atoms with Gasteiger partial charge in [-0.05, 0) is 31.4 Å². The monoisotopic (exact) mass is 283 g/mol. The summed E-state index contributed by atoms with van der Waals surface area (Å²) in [5, 5.41) is 3.04. The summed E-state index contributed by atoms with van der Waals surface area (Å²) >= 11 is 0. The quantitative estimate of drug-likeness (QED) is 0.790. The molecule has 2 atom stereocenters. The largest absolute Gasteiger partial charge is 0.380 e. The van der Waals surface area contributed by atoms with Gasteiger partial charge in [0.15, 0.2) is 0 Å². The average molecular weight is 283 g/mol. The van der Waals surface area contributed by atoms with E-state index >= 15 is 0 Å². The first-order chi connectivity index (χ1) is 9.52. The van der Waals surface area contributed by atoms with E-state index in [1.165, 1.54) is 0 Å². The van der Waals surface area contributed by atoms with Crippen LogP contribution in [0.4, 0.5) is 14.5 Å². The van der Waals surface area contributed by atoms with Gasteiger partial charge in [0, 0.05) is 12.1 Å². The molecule has 2 unspecified atom stereocenters. The molecule has 2 rings (SSSR count). The van der Waals surface area contributed by atoms with Crippen LogP contribution >= 0.6 is 0 Å². The van der Waals surface area contributed by atoms with Crippen LogP contribution in [-0.4, -0.2) is 18.5 Å². The molecular weight excluding hydrogens is 264 g/mol. The van der Waals surface area contributed by atoms with Crippen LogP contribution in [0.25, 0.3) is 0 Å². The highest BCUT2D eigenvalue weighted by atomic mass is 19.1. The zero-order chi connectivity index (χ0) is 14.7. The fraction of sp³-hybridized carbons (Fsp3) is 0.500. The zero-order valence-electron chi connectivity index (χ0n) is 11.2. The summed E-state index contributed by atoms with van der Waals surface area (Å²) < 4.78 is 27.2. The van der Waals surface area contributed by atoms with Crippen LogP contribution in [-0.2, 0) is 0 Å². The molecular formula is C14H19F2N3O. The Balaban J connectivity index is 2.23. The number of hydrogen-bond acceptors (Lipinski definition) is 3. The molecule has 4 nitrogen and oxygen atoms in total. The average Bonchev–Trinajstić information content (AvgIpc) is 2.42. The molecule has 5 N–H and O–H groups in total. The molecule has 1 aliphatic rings. The van der Waals surface area contributed by atoms with Crippen molar-refractivity contribution in [1.82, 2.24) is 0 Å². The lowest BCUT2D eigenvalue weighted by Gasteiger charge is -2.32. The fourth-order valence-electron chi connectivity index (χ4n) is 2.73. The molecule has 110 valence electrons. The van der Waals surface area contributed by atoms with Gasteiger partial charge in [0.25, 0.3) is 5.91 Å². The maximum absolute atomic E-state index is 13.8. The number of amides is 1. The molecule has 1 aliphatic carbocycles. The van der Waals surface area contributed by atoms with Crippen molar-refractivity contribution in [2.24, 2.45) is 17.4 Å². The van der Waals surface area contributed by atoms with Crippen molar-refractivity contribution in [1.29, 1.82) is 0 Å². The summed E-state index contributed by atoms with van der Waals surface area (Å²) in [5.41, 5.74) is 10.6. The first-order valence-corrected chi connectivity index (χ1v) is 6.78. The van der Waals surface area contributed by atoms with Gasteiger partial charge in [0.2, 0.25) is 0 Å². The first kappa shape index (κ1) is 14.7. The normalized spacial score (nSPS) is 22.6. The Morgan fingerprint density at radius 3 is 2.60 bits per heavy atom. The number of halogens is 2. The van der Waals surface area contributed by atoms with Gasteiger partial charge in [0.1, 0.15) is 11.6 Å². The van der Waals surface area contributed by atoms with Crippen molar-refractivity contribution < 1.29 is 13.6 Å². The van der Waals surface area contributed by atoms with E-state index in [1.807, 2.05) is 0 Å². The highest BCUT2D eigenvalue weighted by Gasteiger charge is 2.25. The SMILES string of the molecule is NCC1CCCCC1Nc1cc(C(N)=O)c(F)cc1F. The van der Waals surface area contributed by atoms with Crippen LogP contribution in [0.15, 0.2) is 12.1 Å².